The van der Waals surface area contributed by atoms with Gasteiger partial charge in [-0.2, -0.15) is 0 Å². The minimum Gasteiger partial charge on any atom is -0.492 e. The van der Waals surface area contributed by atoms with Gasteiger partial charge >= 0.3 is 0 Å². The van der Waals surface area contributed by atoms with Gasteiger partial charge in [-0.05, 0) is 44.1 Å². The number of sulfonamides is 1. The predicted octanol–water partition coefficient (Wildman–Crippen LogP) is 2.07. The zero-order valence-corrected chi connectivity index (χ0v) is 14.6. The van der Waals surface area contributed by atoms with Crippen molar-refractivity contribution in [2.45, 2.75) is 18.9 Å². The van der Waals surface area contributed by atoms with Crippen molar-refractivity contribution in [1.82, 2.24) is 9.21 Å². The molecule has 1 aromatic rings. The van der Waals surface area contributed by atoms with Crippen LogP contribution in [0.15, 0.2) is 24.3 Å². The summed E-state index contributed by atoms with van der Waals surface area (Å²) in [6.07, 6.45) is 2.99. The van der Waals surface area contributed by atoms with Gasteiger partial charge in [0.1, 0.15) is 12.4 Å². The molecule has 1 fully saturated rings. The van der Waals surface area contributed by atoms with E-state index in [9.17, 15) is 8.42 Å². The van der Waals surface area contributed by atoms with E-state index in [1.807, 2.05) is 18.2 Å². The van der Waals surface area contributed by atoms with Gasteiger partial charge in [-0.25, -0.2) is 12.7 Å². The van der Waals surface area contributed by atoms with Crippen LogP contribution in [-0.4, -0.2) is 63.2 Å². The van der Waals surface area contributed by atoms with E-state index in [4.69, 9.17) is 16.3 Å². The second-order valence-electron chi connectivity index (χ2n) is 5.66. The van der Waals surface area contributed by atoms with Crippen LogP contribution in [0, 0.1) is 0 Å². The minimum atomic E-state index is -3.10. The molecule has 1 aliphatic rings. The van der Waals surface area contributed by atoms with Crippen LogP contribution in [0.1, 0.15) is 12.8 Å². The molecule has 22 heavy (non-hydrogen) atoms. The lowest BCUT2D eigenvalue weighted by atomic mass is 10.1. The number of benzene rings is 1. The fourth-order valence-electron chi connectivity index (χ4n) is 2.63. The summed E-state index contributed by atoms with van der Waals surface area (Å²) in [5.74, 6) is 0.777. The predicted molar refractivity (Wildman–Crippen MR) is 89.0 cm³/mol. The van der Waals surface area contributed by atoms with E-state index < -0.39 is 10.0 Å². The van der Waals surface area contributed by atoms with Crippen molar-refractivity contribution in [3.63, 3.8) is 0 Å². The smallest absolute Gasteiger partial charge is 0.211 e. The summed E-state index contributed by atoms with van der Waals surface area (Å²) in [4.78, 5) is 2.30. The fourth-order valence-corrected chi connectivity index (χ4v) is 3.56. The van der Waals surface area contributed by atoms with Crippen LogP contribution >= 0.6 is 11.6 Å². The number of nitrogens with zero attached hydrogens (tertiary/aromatic N) is 2. The van der Waals surface area contributed by atoms with E-state index in [0.29, 0.717) is 11.6 Å². The molecule has 1 aromatic carbocycles. The van der Waals surface area contributed by atoms with Crippen molar-refractivity contribution in [3.8, 4) is 5.75 Å². The number of rotatable bonds is 6. The highest BCUT2D eigenvalue weighted by atomic mass is 35.5. The Labute approximate surface area is 137 Å². The SMILES string of the molecule is CN(C1CCN(CCOc2cccc(Cl)c2)CC1)S(C)(=O)=O. The molecule has 124 valence electrons. The molecule has 1 saturated heterocycles. The molecule has 1 heterocycles. The van der Waals surface area contributed by atoms with Crippen LogP contribution < -0.4 is 4.74 Å². The van der Waals surface area contributed by atoms with E-state index in [0.717, 1.165) is 38.2 Å². The lowest BCUT2D eigenvalue weighted by molar-refractivity contribution is 0.146. The summed E-state index contributed by atoms with van der Waals surface area (Å²) in [5.41, 5.74) is 0. The topological polar surface area (TPSA) is 49.9 Å². The number of hydrogen-bond donors (Lipinski definition) is 0. The summed E-state index contributed by atoms with van der Waals surface area (Å²) in [6, 6.07) is 7.48. The van der Waals surface area contributed by atoms with Crippen LogP contribution in [0.25, 0.3) is 0 Å². The van der Waals surface area contributed by atoms with Crippen LogP contribution in [0.4, 0.5) is 0 Å². The van der Waals surface area contributed by atoms with Crippen LogP contribution in [0.3, 0.4) is 0 Å². The van der Waals surface area contributed by atoms with Crippen LogP contribution in [-0.2, 0) is 10.0 Å². The summed E-state index contributed by atoms with van der Waals surface area (Å²) < 4.78 is 30.3. The highest BCUT2D eigenvalue weighted by Gasteiger charge is 2.26. The maximum atomic E-state index is 11.5. The van der Waals surface area contributed by atoms with Crippen molar-refractivity contribution in [3.05, 3.63) is 29.3 Å². The van der Waals surface area contributed by atoms with E-state index in [1.54, 1.807) is 13.1 Å². The molecule has 0 unspecified atom stereocenters. The number of hydrogen-bond acceptors (Lipinski definition) is 4. The number of halogens is 1. The minimum absolute atomic E-state index is 0.111. The first-order valence-electron chi connectivity index (χ1n) is 7.40. The molecular formula is C15H23ClN2O3S. The molecule has 0 aliphatic carbocycles. The van der Waals surface area contributed by atoms with Gasteiger partial charge < -0.3 is 4.74 Å². The van der Waals surface area contributed by atoms with Crippen molar-refractivity contribution in [2.24, 2.45) is 0 Å². The average Bonchev–Trinajstić information content (AvgIpc) is 2.46. The standard InChI is InChI=1S/C15H23ClN2O3S/c1-17(22(2,19)20)14-6-8-18(9-7-14)10-11-21-15-5-3-4-13(16)12-15/h3-5,12,14H,6-11H2,1-2H3. The van der Waals surface area contributed by atoms with E-state index in [1.165, 1.54) is 10.6 Å². The molecule has 0 N–H and O–H groups in total. The third-order valence-corrected chi connectivity index (χ3v) is 5.65. The molecule has 0 spiro atoms. The van der Waals surface area contributed by atoms with Gasteiger partial charge in [-0.1, -0.05) is 17.7 Å². The van der Waals surface area contributed by atoms with Crippen molar-refractivity contribution >= 4 is 21.6 Å². The van der Waals surface area contributed by atoms with Gasteiger partial charge in [-0.3, -0.25) is 4.90 Å². The Hall–Kier alpha value is -0.820. The Bertz CT molecular complexity index is 586. The second-order valence-corrected chi connectivity index (χ2v) is 8.14. The van der Waals surface area contributed by atoms with E-state index >= 15 is 0 Å². The van der Waals surface area contributed by atoms with Gasteiger partial charge in [0.15, 0.2) is 0 Å². The largest absolute Gasteiger partial charge is 0.492 e. The number of ether oxygens (including phenoxy) is 1. The Morgan fingerprint density at radius 3 is 2.64 bits per heavy atom. The maximum absolute atomic E-state index is 11.5. The van der Waals surface area contributed by atoms with Crippen LogP contribution in [0.5, 0.6) is 5.75 Å². The summed E-state index contributed by atoms with van der Waals surface area (Å²) in [7, 11) is -1.43. The molecule has 7 heteroatoms. The van der Waals surface area contributed by atoms with Crippen molar-refractivity contribution in [1.29, 1.82) is 0 Å². The first kappa shape index (κ1) is 17.5. The van der Waals surface area contributed by atoms with E-state index in [-0.39, 0.29) is 6.04 Å². The zero-order valence-electron chi connectivity index (χ0n) is 13.0. The molecule has 0 bridgehead atoms. The van der Waals surface area contributed by atoms with Gasteiger partial charge in [0, 0.05) is 24.7 Å². The first-order chi connectivity index (χ1) is 10.4. The lowest BCUT2D eigenvalue weighted by Crippen LogP contribution is -2.46. The molecule has 0 atom stereocenters. The molecule has 5 nitrogen and oxygen atoms in total. The first-order valence-corrected chi connectivity index (χ1v) is 9.62. The van der Waals surface area contributed by atoms with Gasteiger partial charge in [0.05, 0.1) is 6.26 Å². The van der Waals surface area contributed by atoms with Gasteiger partial charge in [0.2, 0.25) is 10.0 Å². The zero-order chi connectivity index (χ0) is 16.2. The summed E-state index contributed by atoms with van der Waals surface area (Å²) in [5, 5.41) is 0.669. The highest BCUT2D eigenvalue weighted by molar-refractivity contribution is 7.88. The van der Waals surface area contributed by atoms with Crippen molar-refractivity contribution in [2.75, 3.05) is 39.5 Å². The maximum Gasteiger partial charge on any atom is 0.211 e. The summed E-state index contributed by atoms with van der Waals surface area (Å²) in [6.45, 7) is 3.22. The van der Waals surface area contributed by atoms with Crippen LogP contribution in [0.2, 0.25) is 5.02 Å². The number of piperidine rings is 1. The monoisotopic (exact) mass is 346 g/mol. The molecule has 2 rings (SSSR count). The molecule has 0 saturated carbocycles. The Morgan fingerprint density at radius 2 is 2.05 bits per heavy atom. The molecule has 0 radical (unpaired) electrons. The Balaban J connectivity index is 1.72. The third-order valence-electron chi connectivity index (χ3n) is 4.07. The molecule has 0 aromatic heterocycles. The molecule has 0 amide bonds. The Morgan fingerprint density at radius 1 is 1.36 bits per heavy atom. The lowest BCUT2D eigenvalue weighted by Gasteiger charge is -2.35. The van der Waals surface area contributed by atoms with Gasteiger partial charge in [0.25, 0.3) is 0 Å². The summed E-state index contributed by atoms with van der Waals surface area (Å²) >= 11 is 5.91. The molecular weight excluding hydrogens is 324 g/mol. The Kier molecular flexibility index (Phi) is 6.09. The molecule has 1 aliphatic heterocycles. The second kappa shape index (κ2) is 7.64. The average molecular weight is 347 g/mol. The highest BCUT2D eigenvalue weighted by Crippen LogP contribution is 2.19. The third kappa shape index (κ3) is 5.12. The van der Waals surface area contributed by atoms with Gasteiger partial charge in [-0.15, -0.1) is 0 Å². The van der Waals surface area contributed by atoms with Crippen molar-refractivity contribution < 1.29 is 13.2 Å². The number of likely N-dealkylation sites (tertiary alicyclic amines) is 1. The quantitative estimate of drug-likeness (QED) is 0.791. The normalized spacial score (nSPS) is 17.8. The van der Waals surface area contributed by atoms with E-state index in [2.05, 4.69) is 4.90 Å². The fraction of sp³-hybridized carbons (Fsp3) is 0.600.